The van der Waals surface area contributed by atoms with Crippen molar-refractivity contribution in [1.82, 2.24) is 5.32 Å². The molecule has 1 atom stereocenters. The molecule has 0 bridgehead atoms. The summed E-state index contributed by atoms with van der Waals surface area (Å²) in [5.74, 6) is -1.31. The number of carbonyl (C=O) groups excluding carboxylic acids is 3. The molecule has 4 N–H and O–H groups in total. The zero-order valence-corrected chi connectivity index (χ0v) is 16.0. The summed E-state index contributed by atoms with van der Waals surface area (Å²) < 4.78 is 0.867. The first-order valence-corrected chi connectivity index (χ1v) is 8.84. The highest BCUT2D eigenvalue weighted by Crippen LogP contribution is 2.14. The van der Waals surface area contributed by atoms with Crippen molar-refractivity contribution < 1.29 is 14.4 Å². The Balaban J connectivity index is 2.08. The van der Waals surface area contributed by atoms with E-state index in [-0.39, 0.29) is 17.7 Å². The van der Waals surface area contributed by atoms with Gasteiger partial charge in [0.15, 0.2) is 0 Å². The summed E-state index contributed by atoms with van der Waals surface area (Å²) >= 11 is 3.32. The van der Waals surface area contributed by atoms with Crippen molar-refractivity contribution in [1.29, 1.82) is 0 Å². The number of hydrogen-bond acceptors (Lipinski definition) is 3. The summed E-state index contributed by atoms with van der Waals surface area (Å²) in [7, 11) is 0. The first-order valence-electron chi connectivity index (χ1n) is 8.05. The highest BCUT2D eigenvalue weighted by atomic mass is 79.9. The fraction of sp³-hybridized carbons (Fsp3) is 0.211. The molecule has 0 radical (unpaired) electrons. The second kappa shape index (κ2) is 8.62. The molecular weight excluding hydrogens is 398 g/mol. The van der Waals surface area contributed by atoms with Crippen molar-refractivity contribution >= 4 is 39.3 Å². The highest BCUT2D eigenvalue weighted by Gasteiger charge is 2.24. The molecule has 0 saturated heterocycles. The second-order valence-electron chi connectivity index (χ2n) is 6.13. The van der Waals surface area contributed by atoms with Gasteiger partial charge in [0.05, 0.1) is 0 Å². The van der Waals surface area contributed by atoms with E-state index in [0.29, 0.717) is 16.8 Å². The van der Waals surface area contributed by atoms with Gasteiger partial charge in [-0.05, 0) is 54.4 Å². The molecule has 3 amide bonds. The monoisotopic (exact) mass is 417 g/mol. The first-order chi connectivity index (χ1) is 12.3. The van der Waals surface area contributed by atoms with Crippen molar-refractivity contribution in [3.05, 3.63) is 64.1 Å². The standard InChI is InChI=1S/C19H20BrN3O3/c1-11(2)16(23-18(25)13-3-7-14(20)8-4-13)19(26)22-15-9-5-12(6-10-15)17(21)24/h3-11,16H,1-2H3,(H2,21,24)(H,22,26)(H,23,25)/t16-/m1/s1. The van der Waals surface area contributed by atoms with Crippen LogP contribution in [0.3, 0.4) is 0 Å². The van der Waals surface area contributed by atoms with E-state index in [4.69, 9.17) is 5.73 Å². The van der Waals surface area contributed by atoms with Crippen LogP contribution in [-0.2, 0) is 4.79 Å². The van der Waals surface area contributed by atoms with Gasteiger partial charge in [0, 0.05) is 21.3 Å². The molecule has 2 aromatic carbocycles. The number of amides is 3. The molecule has 136 valence electrons. The van der Waals surface area contributed by atoms with Gasteiger partial charge in [-0.1, -0.05) is 29.8 Å². The predicted molar refractivity (Wildman–Crippen MR) is 104 cm³/mol. The summed E-state index contributed by atoms with van der Waals surface area (Å²) in [6.07, 6.45) is 0. The van der Waals surface area contributed by atoms with Crippen LogP contribution < -0.4 is 16.4 Å². The summed E-state index contributed by atoms with van der Waals surface area (Å²) in [4.78, 5) is 36.1. The number of nitrogens with two attached hydrogens (primary N) is 1. The van der Waals surface area contributed by atoms with Gasteiger partial charge in [-0.15, -0.1) is 0 Å². The van der Waals surface area contributed by atoms with Crippen LogP contribution in [0, 0.1) is 5.92 Å². The van der Waals surface area contributed by atoms with Crippen molar-refractivity contribution in [3.63, 3.8) is 0 Å². The third-order valence-electron chi connectivity index (χ3n) is 3.78. The molecule has 26 heavy (non-hydrogen) atoms. The zero-order chi connectivity index (χ0) is 19.3. The minimum absolute atomic E-state index is 0.112. The molecule has 2 rings (SSSR count). The summed E-state index contributed by atoms with van der Waals surface area (Å²) in [6, 6.07) is 12.4. The molecule has 0 saturated carbocycles. The van der Waals surface area contributed by atoms with E-state index >= 15 is 0 Å². The maximum absolute atomic E-state index is 12.6. The lowest BCUT2D eigenvalue weighted by molar-refractivity contribution is -0.118. The molecule has 7 heteroatoms. The lowest BCUT2D eigenvalue weighted by Crippen LogP contribution is -2.47. The minimum atomic E-state index is -0.707. The molecule has 2 aromatic rings. The molecule has 0 aromatic heterocycles. The number of rotatable bonds is 6. The number of halogens is 1. The molecule has 0 aliphatic carbocycles. The van der Waals surface area contributed by atoms with Gasteiger partial charge < -0.3 is 16.4 Å². The van der Waals surface area contributed by atoms with E-state index < -0.39 is 11.9 Å². The molecule has 0 fully saturated rings. The van der Waals surface area contributed by atoms with Gasteiger partial charge in [0.25, 0.3) is 5.91 Å². The van der Waals surface area contributed by atoms with Crippen LogP contribution in [0.5, 0.6) is 0 Å². The van der Waals surface area contributed by atoms with Crippen molar-refractivity contribution in [2.24, 2.45) is 11.7 Å². The Kier molecular flexibility index (Phi) is 6.52. The van der Waals surface area contributed by atoms with Gasteiger partial charge >= 0.3 is 0 Å². The topological polar surface area (TPSA) is 101 Å². The maximum atomic E-state index is 12.6. The number of carbonyl (C=O) groups is 3. The number of primary amides is 1. The third kappa shape index (κ3) is 5.16. The number of hydrogen-bond donors (Lipinski definition) is 3. The Bertz CT molecular complexity index is 802. The largest absolute Gasteiger partial charge is 0.366 e. The summed E-state index contributed by atoms with van der Waals surface area (Å²) in [6.45, 7) is 3.70. The van der Waals surface area contributed by atoms with E-state index in [9.17, 15) is 14.4 Å². The van der Waals surface area contributed by atoms with E-state index in [0.717, 1.165) is 4.47 Å². The van der Waals surface area contributed by atoms with Crippen molar-refractivity contribution in [2.75, 3.05) is 5.32 Å². The normalized spacial score (nSPS) is 11.7. The second-order valence-corrected chi connectivity index (χ2v) is 7.05. The Morgan fingerprint density at radius 3 is 1.96 bits per heavy atom. The van der Waals surface area contributed by atoms with Gasteiger partial charge in [-0.2, -0.15) is 0 Å². The van der Waals surface area contributed by atoms with E-state index in [2.05, 4.69) is 26.6 Å². The Hall–Kier alpha value is -2.67. The minimum Gasteiger partial charge on any atom is -0.366 e. The summed E-state index contributed by atoms with van der Waals surface area (Å²) in [5, 5.41) is 5.50. The SMILES string of the molecule is CC(C)[C@@H](NC(=O)c1ccc(Br)cc1)C(=O)Nc1ccc(C(N)=O)cc1. The van der Waals surface area contributed by atoms with Gasteiger partial charge in [-0.3, -0.25) is 14.4 Å². The quantitative estimate of drug-likeness (QED) is 0.672. The van der Waals surface area contributed by atoms with E-state index in [1.54, 1.807) is 36.4 Å². The average Bonchev–Trinajstić information content (AvgIpc) is 2.60. The Morgan fingerprint density at radius 2 is 1.46 bits per heavy atom. The lowest BCUT2D eigenvalue weighted by atomic mass is 10.0. The van der Waals surface area contributed by atoms with Crippen LogP contribution in [0.15, 0.2) is 53.0 Å². The Morgan fingerprint density at radius 1 is 0.923 bits per heavy atom. The molecule has 0 unspecified atom stereocenters. The number of benzene rings is 2. The zero-order valence-electron chi connectivity index (χ0n) is 14.5. The molecule has 0 heterocycles. The van der Waals surface area contributed by atoms with E-state index in [1.165, 1.54) is 12.1 Å². The average molecular weight is 418 g/mol. The van der Waals surface area contributed by atoms with Gasteiger partial charge in [-0.25, -0.2) is 0 Å². The smallest absolute Gasteiger partial charge is 0.251 e. The van der Waals surface area contributed by atoms with E-state index in [1.807, 2.05) is 13.8 Å². The van der Waals surface area contributed by atoms with Crippen molar-refractivity contribution in [3.8, 4) is 0 Å². The maximum Gasteiger partial charge on any atom is 0.251 e. The van der Waals surface area contributed by atoms with Gasteiger partial charge in [0.2, 0.25) is 11.8 Å². The lowest BCUT2D eigenvalue weighted by Gasteiger charge is -2.22. The van der Waals surface area contributed by atoms with Crippen LogP contribution in [-0.4, -0.2) is 23.8 Å². The predicted octanol–water partition coefficient (Wildman–Crippen LogP) is 2.94. The highest BCUT2D eigenvalue weighted by molar-refractivity contribution is 9.10. The van der Waals surface area contributed by atoms with Gasteiger partial charge in [0.1, 0.15) is 6.04 Å². The molecule has 0 aliphatic rings. The summed E-state index contributed by atoms with van der Waals surface area (Å²) in [5.41, 5.74) is 6.54. The number of nitrogens with one attached hydrogen (secondary N) is 2. The molecular formula is C19H20BrN3O3. The van der Waals surface area contributed by atoms with Crippen LogP contribution >= 0.6 is 15.9 Å². The molecule has 6 nitrogen and oxygen atoms in total. The fourth-order valence-electron chi connectivity index (χ4n) is 2.30. The van der Waals surface area contributed by atoms with Crippen molar-refractivity contribution in [2.45, 2.75) is 19.9 Å². The number of anilines is 1. The van der Waals surface area contributed by atoms with Crippen LogP contribution in [0.2, 0.25) is 0 Å². The van der Waals surface area contributed by atoms with Crippen LogP contribution in [0.4, 0.5) is 5.69 Å². The fourth-order valence-corrected chi connectivity index (χ4v) is 2.56. The Labute approximate surface area is 160 Å². The van der Waals surface area contributed by atoms with Crippen LogP contribution in [0.25, 0.3) is 0 Å². The third-order valence-corrected chi connectivity index (χ3v) is 4.31. The molecule has 0 aliphatic heterocycles. The van der Waals surface area contributed by atoms with Crippen LogP contribution in [0.1, 0.15) is 34.6 Å². The molecule has 0 spiro atoms. The first kappa shape index (κ1) is 19.7.